The smallest absolute Gasteiger partial charge is 0.141 e. The number of nitriles is 1. The maximum Gasteiger partial charge on any atom is 0.141 e. The molecule has 0 aliphatic rings. The lowest BCUT2D eigenvalue weighted by Crippen LogP contribution is -1.94. The number of halogens is 1. The monoisotopic (exact) mass is 293 g/mol. The Balaban J connectivity index is 1.94. The maximum atomic E-state index is 13.5. The highest BCUT2D eigenvalue weighted by Gasteiger charge is 2.03. The number of rotatable bonds is 6. The van der Waals surface area contributed by atoms with Crippen LogP contribution in [0.3, 0.4) is 0 Å². The van der Waals surface area contributed by atoms with Crippen molar-refractivity contribution >= 4 is 6.08 Å². The van der Waals surface area contributed by atoms with Crippen LogP contribution in [0.15, 0.2) is 48.5 Å². The van der Waals surface area contributed by atoms with E-state index in [4.69, 9.17) is 5.26 Å². The van der Waals surface area contributed by atoms with Gasteiger partial charge in [0.2, 0.25) is 0 Å². The fourth-order valence-electron chi connectivity index (χ4n) is 2.27. The second-order valence-corrected chi connectivity index (χ2v) is 5.36. The summed E-state index contributed by atoms with van der Waals surface area (Å²) in [6.07, 6.45) is 8.23. The number of nitrogens with zero attached hydrogens (tertiary/aromatic N) is 1. The third kappa shape index (κ3) is 4.56. The molecule has 112 valence electrons. The van der Waals surface area contributed by atoms with Gasteiger partial charge in [-0.2, -0.15) is 5.26 Å². The van der Waals surface area contributed by atoms with Crippen LogP contribution in [-0.4, -0.2) is 0 Å². The summed E-state index contributed by atoms with van der Waals surface area (Å²) in [5, 5.41) is 8.73. The molecule has 2 rings (SSSR count). The van der Waals surface area contributed by atoms with E-state index in [1.807, 2.05) is 12.1 Å². The molecule has 0 radical (unpaired) electrons. The Morgan fingerprint density at radius 2 is 1.73 bits per heavy atom. The van der Waals surface area contributed by atoms with Crippen LogP contribution in [0.25, 0.3) is 6.08 Å². The summed E-state index contributed by atoms with van der Waals surface area (Å²) in [5.41, 5.74) is 3.47. The van der Waals surface area contributed by atoms with E-state index in [-0.39, 0.29) is 5.56 Å². The quantitative estimate of drug-likeness (QED) is 0.709. The van der Waals surface area contributed by atoms with Crippen LogP contribution in [0.4, 0.5) is 4.39 Å². The number of allylic oxidation sites excluding steroid dienone is 1. The lowest BCUT2D eigenvalue weighted by atomic mass is 10.0. The molecular weight excluding hydrogens is 273 g/mol. The fourth-order valence-corrected chi connectivity index (χ4v) is 2.27. The van der Waals surface area contributed by atoms with E-state index in [0.717, 1.165) is 31.2 Å². The first-order valence-electron chi connectivity index (χ1n) is 7.67. The predicted octanol–water partition coefficient (Wildman–Crippen LogP) is 5.30. The second-order valence-electron chi connectivity index (χ2n) is 5.36. The van der Waals surface area contributed by atoms with Crippen LogP contribution in [0, 0.1) is 17.1 Å². The minimum absolute atomic E-state index is 0.104. The minimum atomic E-state index is -0.434. The summed E-state index contributed by atoms with van der Waals surface area (Å²) >= 11 is 0. The van der Waals surface area contributed by atoms with Gasteiger partial charge < -0.3 is 0 Å². The largest absolute Gasteiger partial charge is 0.206 e. The molecule has 1 nitrogen and oxygen atoms in total. The summed E-state index contributed by atoms with van der Waals surface area (Å²) in [6.45, 7) is 2.17. The molecule has 0 spiro atoms. The lowest BCUT2D eigenvalue weighted by molar-refractivity contribution is 0.621. The zero-order valence-corrected chi connectivity index (χ0v) is 12.8. The molecule has 0 N–H and O–H groups in total. The van der Waals surface area contributed by atoms with Gasteiger partial charge in [0.15, 0.2) is 0 Å². The van der Waals surface area contributed by atoms with E-state index in [1.165, 1.54) is 17.2 Å². The van der Waals surface area contributed by atoms with Gasteiger partial charge in [-0.3, -0.25) is 0 Å². The van der Waals surface area contributed by atoms with Crippen molar-refractivity contribution in [1.29, 1.82) is 5.26 Å². The average molecular weight is 293 g/mol. The predicted molar refractivity (Wildman–Crippen MR) is 88.9 cm³/mol. The molecule has 0 fully saturated rings. The van der Waals surface area contributed by atoms with Gasteiger partial charge in [-0.05, 0) is 48.1 Å². The van der Waals surface area contributed by atoms with Crippen LogP contribution in [0.5, 0.6) is 0 Å². The zero-order valence-electron chi connectivity index (χ0n) is 12.8. The van der Waals surface area contributed by atoms with Crippen LogP contribution in [0.1, 0.15) is 42.0 Å². The van der Waals surface area contributed by atoms with E-state index in [9.17, 15) is 4.39 Å². The summed E-state index contributed by atoms with van der Waals surface area (Å²) in [7, 11) is 0. The number of hydrogen-bond donors (Lipinski definition) is 0. The number of hydrogen-bond acceptors (Lipinski definition) is 1. The molecule has 2 aromatic carbocycles. The van der Waals surface area contributed by atoms with Gasteiger partial charge in [0.1, 0.15) is 11.9 Å². The standard InChI is InChI=1S/C20H20FN/c1-2-3-4-5-16-6-8-17(9-7-16)10-11-18-12-13-19(15-22)20(21)14-18/h4-9,12-14H,2-3,10-11H2,1H3. The summed E-state index contributed by atoms with van der Waals surface area (Å²) in [6, 6.07) is 15.1. The molecule has 0 saturated carbocycles. The third-order valence-electron chi connectivity index (χ3n) is 3.60. The van der Waals surface area contributed by atoms with Crippen molar-refractivity contribution < 1.29 is 4.39 Å². The topological polar surface area (TPSA) is 23.8 Å². The SMILES string of the molecule is CCCC=Cc1ccc(CCc2ccc(C#N)c(F)c2)cc1. The average Bonchev–Trinajstić information content (AvgIpc) is 2.54. The van der Waals surface area contributed by atoms with Gasteiger partial charge >= 0.3 is 0 Å². The van der Waals surface area contributed by atoms with Crippen molar-refractivity contribution in [2.24, 2.45) is 0 Å². The highest BCUT2D eigenvalue weighted by molar-refractivity contribution is 5.49. The Morgan fingerprint density at radius 1 is 1.05 bits per heavy atom. The second kappa shape index (κ2) is 8.14. The van der Waals surface area contributed by atoms with Crippen molar-refractivity contribution in [3.8, 4) is 6.07 Å². The van der Waals surface area contributed by atoms with Crippen molar-refractivity contribution in [1.82, 2.24) is 0 Å². The molecule has 0 heterocycles. The van der Waals surface area contributed by atoms with Gasteiger partial charge in [-0.25, -0.2) is 4.39 Å². The molecule has 22 heavy (non-hydrogen) atoms. The first kappa shape index (κ1) is 16.0. The maximum absolute atomic E-state index is 13.5. The molecule has 0 aliphatic heterocycles. The van der Waals surface area contributed by atoms with Crippen LogP contribution >= 0.6 is 0 Å². The van der Waals surface area contributed by atoms with E-state index in [2.05, 4.69) is 43.3 Å². The van der Waals surface area contributed by atoms with Crippen LogP contribution in [-0.2, 0) is 12.8 Å². The molecule has 2 aromatic rings. The third-order valence-corrected chi connectivity index (χ3v) is 3.60. The lowest BCUT2D eigenvalue weighted by Gasteiger charge is -2.04. The molecule has 0 bridgehead atoms. The van der Waals surface area contributed by atoms with Gasteiger partial charge in [-0.15, -0.1) is 0 Å². The van der Waals surface area contributed by atoms with Crippen LogP contribution < -0.4 is 0 Å². The van der Waals surface area contributed by atoms with Gasteiger partial charge in [0, 0.05) is 0 Å². The molecular formula is C20H20FN. The van der Waals surface area contributed by atoms with Gasteiger partial charge in [-0.1, -0.05) is 55.8 Å². The highest BCUT2D eigenvalue weighted by atomic mass is 19.1. The molecule has 2 heteroatoms. The molecule has 0 saturated heterocycles. The Hall–Kier alpha value is -2.40. The highest BCUT2D eigenvalue weighted by Crippen LogP contribution is 2.13. The Kier molecular flexibility index (Phi) is 5.91. The molecule has 0 aromatic heterocycles. The van der Waals surface area contributed by atoms with E-state index < -0.39 is 5.82 Å². The van der Waals surface area contributed by atoms with Crippen molar-refractivity contribution in [2.45, 2.75) is 32.6 Å². The number of unbranched alkanes of at least 4 members (excludes halogenated alkanes) is 1. The number of benzene rings is 2. The van der Waals surface area contributed by atoms with Crippen LogP contribution in [0.2, 0.25) is 0 Å². The Labute approximate surface area is 131 Å². The van der Waals surface area contributed by atoms with Crippen molar-refractivity contribution in [2.75, 3.05) is 0 Å². The van der Waals surface area contributed by atoms with E-state index in [0.29, 0.717) is 0 Å². The van der Waals surface area contributed by atoms with E-state index >= 15 is 0 Å². The molecule has 0 aliphatic carbocycles. The zero-order chi connectivity index (χ0) is 15.8. The number of aryl methyl sites for hydroxylation is 2. The summed E-state index contributed by atoms with van der Waals surface area (Å²) in [5.74, 6) is -0.434. The van der Waals surface area contributed by atoms with E-state index in [1.54, 1.807) is 6.07 Å². The molecule has 0 atom stereocenters. The normalized spacial score (nSPS) is 10.8. The Bertz CT molecular complexity index is 678. The van der Waals surface area contributed by atoms with Gasteiger partial charge in [0.25, 0.3) is 0 Å². The molecule has 0 amide bonds. The van der Waals surface area contributed by atoms with Gasteiger partial charge in [0.05, 0.1) is 5.56 Å². The molecule has 0 unspecified atom stereocenters. The Morgan fingerprint density at radius 3 is 2.36 bits per heavy atom. The first-order chi connectivity index (χ1) is 10.7. The fraction of sp³-hybridized carbons (Fsp3) is 0.250. The first-order valence-corrected chi connectivity index (χ1v) is 7.67. The summed E-state index contributed by atoms with van der Waals surface area (Å²) in [4.78, 5) is 0. The van der Waals surface area contributed by atoms with Crippen molar-refractivity contribution in [3.05, 3.63) is 76.6 Å². The van der Waals surface area contributed by atoms with Crippen molar-refractivity contribution in [3.63, 3.8) is 0 Å². The summed E-state index contributed by atoms with van der Waals surface area (Å²) < 4.78 is 13.5. The minimum Gasteiger partial charge on any atom is -0.206 e.